The zero-order valence-corrected chi connectivity index (χ0v) is 11.6. The molecule has 1 rings (SSSR count). The first-order chi connectivity index (χ1) is 8.88. The van der Waals surface area contributed by atoms with Gasteiger partial charge in [-0.2, -0.15) is 4.72 Å². The molecule has 0 aromatic heterocycles. The number of hydrogen-bond donors (Lipinski definition) is 2. The summed E-state index contributed by atoms with van der Waals surface area (Å²) < 4.78 is 30.9. The predicted molar refractivity (Wildman–Crippen MR) is 70.2 cm³/mol. The third kappa shape index (κ3) is 4.30. The van der Waals surface area contributed by atoms with Crippen molar-refractivity contribution in [2.75, 3.05) is 13.7 Å². The van der Waals surface area contributed by atoms with Crippen LogP contribution in [0.4, 0.5) is 0 Å². The molecule has 0 amide bonds. The number of hydrogen-bond acceptors (Lipinski definition) is 4. The minimum absolute atomic E-state index is 0.00351. The van der Waals surface area contributed by atoms with Crippen LogP contribution in [-0.2, 0) is 19.6 Å². The zero-order chi connectivity index (χ0) is 14.5. The highest BCUT2D eigenvalue weighted by molar-refractivity contribution is 7.90. The lowest BCUT2D eigenvalue weighted by Crippen LogP contribution is -2.40. The summed E-state index contributed by atoms with van der Waals surface area (Å²) in [5.41, 5.74) is 0.378. The van der Waals surface area contributed by atoms with Gasteiger partial charge in [-0.3, -0.25) is 4.79 Å². The van der Waals surface area contributed by atoms with Crippen molar-refractivity contribution in [1.29, 1.82) is 0 Å². The Morgan fingerprint density at radius 2 is 1.95 bits per heavy atom. The number of rotatable bonds is 7. The number of ether oxygens (including phenoxy) is 1. The van der Waals surface area contributed by atoms with Crippen LogP contribution in [0.5, 0.6) is 0 Å². The number of methoxy groups -OCH3 is 1. The van der Waals surface area contributed by atoms with Crippen LogP contribution in [0.2, 0.25) is 0 Å². The van der Waals surface area contributed by atoms with Gasteiger partial charge in [0.2, 0.25) is 10.0 Å². The highest BCUT2D eigenvalue weighted by Gasteiger charge is 2.29. The Bertz CT molecular complexity index is 514. The summed E-state index contributed by atoms with van der Waals surface area (Å²) in [7, 11) is -2.38. The number of sulfonamides is 1. The van der Waals surface area contributed by atoms with Crippen LogP contribution in [0.3, 0.4) is 0 Å². The van der Waals surface area contributed by atoms with Gasteiger partial charge in [-0.1, -0.05) is 30.3 Å². The maximum absolute atomic E-state index is 12.0. The molecule has 0 saturated heterocycles. The highest BCUT2D eigenvalue weighted by atomic mass is 32.2. The average Bonchev–Trinajstić information content (AvgIpc) is 2.37. The molecule has 0 aliphatic carbocycles. The minimum atomic E-state index is -3.77. The quantitative estimate of drug-likeness (QED) is 0.772. The molecule has 2 N–H and O–H groups in total. The van der Waals surface area contributed by atoms with Crippen LogP contribution < -0.4 is 4.72 Å². The lowest BCUT2D eigenvalue weighted by atomic mass is 10.1. The molecule has 0 fully saturated rings. The molecule has 0 bridgehead atoms. The van der Waals surface area contributed by atoms with Crippen LogP contribution >= 0.6 is 0 Å². The van der Waals surface area contributed by atoms with Gasteiger partial charge in [-0.15, -0.1) is 0 Å². The van der Waals surface area contributed by atoms with Gasteiger partial charge in [0.15, 0.2) is 0 Å². The Morgan fingerprint density at radius 1 is 1.37 bits per heavy atom. The molecule has 1 aromatic carbocycles. The summed E-state index contributed by atoms with van der Waals surface area (Å²) in [6, 6.07) is 6.84. The van der Waals surface area contributed by atoms with Crippen molar-refractivity contribution in [2.24, 2.45) is 0 Å². The highest BCUT2D eigenvalue weighted by Crippen LogP contribution is 2.15. The van der Waals surface area contributed by atoms with E-state index in [4.69, 9.17) is 9.84 Å². The second-order valence-electron chi connectivity index (χ2n) is 4.11. The van der Waals surface area contributed by atoms with Gasteiger partial charge in [0, 0.05) is 7.11 Å². The molecule has 0 aliphatic heterocycles. The Balaban J connectivity index is 2.95. The number of benzene rings is 1. The van der Waals surface area contributed by atoms with Crippen molar-refractivity contribution >= 4 is 16.0 Å². The van der Waals surface area contributed by atoms with E-state index in [-0.39, 0.29) is 6.61 Å². The van der Waals surface area contributed by atoms with Crippen LogP contribution in [0, 0.1) is 0 Å². The van der Waals surface area contributed by atoms with Crippen molar-refractivity contribution in [3.05, 3.63) is 35.9 Å². The van der Waals surface area contributed by atoms with E-state index in [1.807, 2.05) is 0 Å². The second-order valence-corrected chi connectivity index (χ2v) is 6.24. The van der Waals surface area contributed by atoms with Crippen molar-refractivity contribution in [2.45, 2.75) is 18.2 Å². The lowest BCUT2D eigenvalue weighted by molar-refractivity contribution is -0.139. The van der Waals surface area contributed by atoms with Gasteiger partial charge in [-0.25, -0.2) is 8.42 Å². The second kappa shape index (κ2) is 6.65. The van der Waals surface area contributed by atoms with Crippen LogP contribution in [0.15, 0.2) is 30.3 Å². The smallest absolute Gasteiger partial charge is 0.326 e. The van der Waals surface area contributed by atoms with Gasteiger partial charge < -0.3 is 9.84 Å². The summed E-state index contributed by atoms with van der Waals surface area (Å²) >= 11 is 0. The zero-order valence-electron chi connectivity index (χ0n) is 10.7. The van der Waals surface area contributed by atoms with E-state index in [2.05, 4.69) is 4.72 Å². The Labute approximate surface area is 112 Å². The predicted octanol–water partition coefficient (Wildman–Crippen LogP) is 0.767. The number of nitrogens with one attached hydrogen (secondary N) is 1. The van der Waals surface area contributed by atoms with Gasteiger partial charge >= 0.3 is 5.97 Å². The molecule has 7 heteroatoms. The van der Waals surface area contributed by atoms with Crippen LogP contribution in [0.25, 0.3) is 0 Å². The van der Waals surface area contributed by atoms with E-state index < -0.39 is 27.3 Å². The third-order valence-electron chi connectivity index (χ3n) is 2.59. The molecular formula is C12H17NO5S. The molecule has 0 radical (unpaired) electrons. The molecule has 2 atom stereocenters. The van der Waals surface area contributed by atoms with E-state index in [9.17, 15) is 13.2 Å². The molecule has 106 valence electrons. The fourth-order valence-electron chi connectivity index (χ4n) is 1.51. The van der Waals surface area contributed by atoms with Gasteiger partial charge in [0.25, 0.3) is 0 Å². The molecule has 0 heterocycles. The summed E-state index contributed by atoms with van der Waals surface area (Å²) in [4.78, 5) is 11.2. The molecule has 0 saturated carbocycles. The summed E-state index contributed by atoms with van der Waals surface area (Å²) in [5, 5.41) is 8.31. The summed E-state index contributed by atoms with van der Waals surface area (Å²) in [6.07, 6.45) is 0. The van der Waals surface area contributed by atoms with E-state index in [1.54, 1.807) is 30.3 Å². The average molecular weight is 287 g/mol. The monoisotopic (exact) mass is 287 g/mol. The Morgan fingerprint density at radius 3 is 2.42 bits per heavy atom. The topological polar surface area (TPSA) is 92.7 Å². The third-order valence-corrected chi connectivity index (χ3v) is 4.35. The normalized spacial score (nSPS) is 14.8. The van der Waals surface area contributed by atoms with Crippen molar-refractivity contribution in [1.82, 2.24) is 4.72 Å². The maximum Gasteiger partial charge on any atom is 0.326 e. The summed E-state index contributed by atoms with van der Waals surface area (Å²) in [5.74, 6) is -1.25. The SMILES string of the molecule is COCC(C)S(=O)(=O)N[C@@H](C(=O)O)c1ccccc1. The fourth-order valence-corrected chi connectivity index (χ4v) is 2.62. The largest absolute Gasteiger partial charge is 0.480 e. The first-order valence-corrected chi connectivity index (χ1v) is 7.21. The summed E-state index contributed by atoms with van der Waals surface area (Å²) in [6.45, 7) is 1.45. The van der Waals surface area contributed by atoms with E-state index in [0.717, 1.165) is 0 Å². The lowest BCUT2D eigenvalue weighted by Gasteiger charge is -2.18. The van der Waals surface area contributed by atoms with E-state index in [0.29, 0.717) is 5.56 Å². The standard InChI is InChI=1S/C12H17NO5S/c1-9(8-18-2)19(16,17)13-11(12(14)15)10-6-4-3-5-7-10/h3-7,9,11,13H,8H2,1-2H3,(H,14,15)/t9?,11-/m1/s1. The molecule has 0 aliphatic rings. The van der Waals surface area contributed by atoms with Gasteiger partial charge in [0.1, 0.15) is 6.04 Å². The minimum Gasteiger partial charge on any atom is -0.480 e. The fraction of sp³-hybridized carbons (Fsp3) is 0.417. The maximum atomic E-state index is 12.0. The van der Waals surface area contributed by atoms with Crippen molar-refractivity contribution in [3.8, 4) is 0 Å². The van der Waals surface area contributed by atoms with Crippen LogP contribution in [-0.4, -0.2) is 38.5 Å². The Hall–Kier alpha value is -1.44. The molecule has 1 aromatic rings. The molecule has 0 spiro atoms. The van der Waals surface area contributed by atoms with Crippen molar-refractivity contribution in [3.63, 3.8) is 0 Å². The number of carboxylic acid groups (broad SMARTS) is 1. The molecular weight excluding hydrogens is 270 g/mol. The van der Waals surface area contributed by atoms with E-state index in [1.165, 1.54) is 14.0 Å². The molecule has 1 unspecified atom stereocenters. The van der Waals surface area contributed by atoms with Crippen molar-refractivity contribution < 1.29 is 23.1 Å². The Kier molecular flexibility index (Phi) is 5.46. The van der Waals surface area contributed by atoms with Crippen LogP contribution in [0.1, 0.15) is 18.5 Å². The van der Waals surface area contributed by atoms with E-state index >= 15 is 0 Å². The number of aliphatic carboxylic acids is 1. The van der Waals surface area contributed by atoms with Gasteiger partial charge in [-0.05, 0) is 12.5 Å². The first-order valence-electron chi connectivity index (χ1n) is 5.66. The number of carbonyl (C=O) groups is 1. The molecule has 6 nitrogen and oxygen atoms in total. The molecule has 19 heavy (non-hydrogen) atoms. The number of carboxylic acids is 1. The first kappa shape index (κ1) is 15.6. The van der Waals surface area contributed by atoms with Gasteiger partial charge in [0.05, 0.1) is 11.9 Å².